The number of carbonyl (C=O) groups is 1. The predicted octanol–water partition coefficient (Wildman–Crippen LogP) is 1.12. The maximum atomic E-state index is 13.3. The monoisotopic (exact) mass is 483 g/mol. The summed E-state index contributed by atoms with van der Waals surface area (Å²) in [5.74, 6) is -0.0210. The molecule has 11 heteroatoms. The van der Waals surface area contributed by atoms with Crippen molar-refractivity contribution in [2.24, 2.45) is 5.92 Å². The van der Waals surface area contributed by atoms with Gasteiger partial charge in [0.1, 0.15) is 0 Å². The van der Waals surface area contributed by atoms with Crippen LogP contribution in [0.15, 0.2) is 18.2 Å². The van der Waals surface area contributed by atoms with Gasteiger partial charge in [-0.15, -0.1) is 0 Å². The lowest BCUT2D eigenvalue weighted by Gasteiger charge is -2.40. The van der Waals surface area contributed by atoms with Crippen molar-refractivity contribution in [3.05, 3.63) is 23.8 Å². The number of benzene rings is 1. The topological polar surface area (TPSA) is 107 Å². The fourth-order valence-corrected chi connectivity index (χ4v) is 6.49. The molecule has 33 heavy (non-hydrogen) atoms. The molecule has 3 fully saturated rings. The van der Waals surface area contributed by atoms with E-state index < -0.39 is 21.9 Å². The first-order valence-electron chi connectivity index (χ1n) is 11.4. The number of hydrogen-bond acceptors (Lipinski definition) is 7. The first-order valence-corrected chi connectivity index (χ1v) is 12.8. The van der Waals surface area contributed by atoms with Crippen LogP contribution in [0.3, 0.4) is 0 Å². The number of nitrogens with zero attached hydrogens (tertiary/aromatic N) is 2. The minimum Gasteiger partial charge on any atom is -0.493 e. The van der Waals surface area contributed by atoms with E-state index in [1.165, 1.54) is 8.61 Å². The van der Waals surface area contributed by atoms with Crippen molar-refractivity contribution in [3.8, 4) is 11.5 Å². The van der Waals surface area contributed by atoms with Gasteiger partial charge >= 0.3 is 0 Å². The Kier molecular flexibility index (Phi) is 7.44. The largest absolute Gasteiger partial charge is 0.493 e. The smallest absolute Gasteiger partial charge is 0.282 e. The third kappa shape index (κ3) is 5.12. The van der Waals surface area contributed by atoms with E-state index >= 15 is 0 Å². The summed E-state index contributed by atoms with van der Waals surface area (Å²) in [5.41, 5.74) is 0.795. The minimum atomic E-state index is -3.65. The second kappa shape index (κ2) is 10.1. The van der Waals surface area contributed by atoms with Gasteiger partial charge in [0, 0.05) is 51.1 Å². The highest BCUT2D eigenvalue weighted by molar-refractivity contribution is 7.86. The van der Waals surface area contributed by atoms with E-state index in [1.807, 2.05) is 12.1 Å². The van der Waals surface area contributed by atoms with E-state index in [2.05, 4.69) is 5.32 Å². The molecular weight excluding hydrogens is 450 g/mol. The summed E-state index contributed by atoms with van der Waals surface area (Å²) in [7, 11) is -0.527. The maximum absolute atomic E-state index is 13.3. The molecule has 4 rings (SSSR count). The Bertz CT molecular complexity index is 939. The average molecular weight is 484 g/mol. The first kappa shape index (κ1) is 24.2. The molecular formula is C22H33N3O7S. The fourth-order valence-electron chi connectivity index (χ4n) is 4.79. The van der Waals surface area contributed by atoms with Crippen LogP contribution in [0.4, 0.5) is 0 Å². The Morgan fingerprint density at radius 2 is 1.85 bits per heavy atom. The van der Waals surface area contributed by atoms with Gasteiger partial charge in [-0.2, -0.15) is 17.0 Å². The molecule has 3 heterocycles. The molecule has 0 bridgehead atoms. The summed E-state index contributed by atoms with van der Waals surface area (Å²) in [6.07, 6.45) is 2.33. The van der Waals surface area contributed by atoms with Crippen molar-refractivity contribution >= 4 is 16.1 Å². The summed E-state index contributed by atoms with van der Waals surface area (Å²) in [6.45, 7) is 2.68. The molecule has 3 aliphatic heterocycles. The highest BCUT2D eigenvalue weighted by atomic mass is 32.2. The zero-order valence-corrected chi connectivity index (χ0v) is 20.1. The van der Waals surface area contributed by atoms with Gasteiger partial charge in [0.25, 0.3) is 10.2 Å². The normalized spacial score (nSPS) is 24.0. The second-order valence-electron chi connectivity index (χ2n) is 8.58. The molecule has 3 saturated heterocycles. The number of nitrogens with one attached hydrogen (secondary N) is 1. The molecule has 1 N–H and O–H groups in total. The Hall–Kier alpha value is -1.92. The van der Waals surface area contributed by atoms with Crippen molar-refractivity contribution in [1.29, 1.82) is 0 Å². The SMILES string of the molecule is COc1cccc(CNC(=O)C2CCCN(S(=O)(=O)N3CCC4(CC3)OCCO4)C2)c1OC. The molecule has 1 aromatic rings. The van der Waals surface area contributed by atoms with Crippen LogP contribution in [0.1, 0.15) is 31.2 Å². The highest BCUT2D eigenvalue weighted by Gasteiger charge is 2.44. The number of rotatable bonds is 7. The van der Waals surface area contributed by atoms with E-state index in [-0.39, 0.29) is 19.0 Å². The second-order valence-corrected chi connectivity index (χ2v) is 10.5. The van der Waals surface area contributed by atoms with Crippen LogP contribution in [-0.2, 0) is 31.0 Å². The molecule has 1 unspecified atom stereocenters. The highest BCUT2D eigenvalue weighted by Crippen LogP contribution is 2.34. The van der Waals surface area contributed by atoms with Crippen LogP contribution in [0, 0.1) is 5.92 Å². The Labute approximate surface area is 195 Å². The van der Waals surface area contributed by atoms with E-state index in [1.54, 1.807) is 20.3 Å². The fraction of sp³-hybridized carbons (Fsp3) is 0.682. The molecule has 1 atom stereocenters. The molecule has 0 saturated carbocycles. The molecule has 1 amide bonds. The molecule has 1 aromatic carbocycles. The molecule has 184 valence electrons. The summed E-state index contributed by atoms with van der Waals surface area (Å²) in [6, 6.07) is 5.49. The average Bonchev–Trinajstić information content (AvgIpc) is 3.30. The number of piperidine rings is 2. The Morgan fingerprint density at radius 3 is 2.52 bits per heavy atom. The molecule has 10 nitrogen and oxygen atoms in total. The lowest BCUT2D eigenvalue weighted by Crippen LogP contribution is -2.54. The summed E-state index contributed by atoms with van der Waals surface area (Å²) < 4.78 is 51.6. The van der Waals surface area contributed by atoms with Crippen molar-refractivity contribution in [2.75, 3.05) is 53.6 Å². The summed E-state index contributed by atoms with van der Waals surface area (Å²) >= 11 is 0. The van der Waals surface area contributed by atoms with Crippen molar-refractivity contribution < 1.29 is 32.2 Å². The van der Waals surface area contributed by atoms with Crippen molar-refractivity contribution in [1.82, 2.24) is 13.9 Å². The van der Waals surface area contributed by atoms with Gasteiger partial charge in [-0.3, -0.25) is 4.79 Å². The Morgan fingerprint density at radius 1 is 1.12 bits per heavy atom. The van der Waals surface area contributed by atoms with Crippen LogP contribution in [0.5, 0.6) is 11.5 Å². The number of amides is 1. The number of methoxy groups -OCH3 is 2. The minimum absolute atomic E-state index is 0.162. The number of para-hydroxylation sites is 1. The number of hydrogen-bond donors (Lipinski definition) is 1. The number of carbonyl (C=O) groups excluding carboxylic acids is 1. The van der Waals surface area contributed by atoms with Crippen LogP contribution in [0.25, 0.3) is 0 Å². The van der Waals surface area contributed by atoms with Gasteiger partial charge in [-0.05, 0) is 18.9 Å². The van der Waals surface area contributed by atoms with Crippen molar-refractivity contribution in [3.63, 3.8) is 0 Å². The van der Waals surface area contributed by atoms with Crippen molar-refractivity contribution in [2.45, 2.75) is 38.0 Å². The molecule has 0 aromatic heterocycles. The summed E-state index contributed by atoms with van der Waals surface area (Å²) in [4.78, 5) is 12.9. The molecule has 0 radical (unpaired) electrons. The van der Waals surface area contributed by atoms with Crippen LogP contribution in [0.2, 0.25) is 0 Å². The molecule has 1 spiro atoms. The quantitative estimate of drug-likeness (QED) is 0.619. The standard InChI is InChI=1S/C22H33N3O7S/c1-29-19-7-3-5-17(20(19)30-2)15-23-21(26)18-6-4-10-25(16-18)33(27,28)24-11-8-22(9-12-24)31-13-14-32-22/h3,5,7,18H,4,6,8-16H2,1-2H3,(H,23,26). The van der Waals surface area contributed by atoms with Gasteiger partial charge in [-0.25, -0.2) is 0 Å². The predicted molar refractivity (Wildman–Crippen MR) is 120 cm³/mol. The lowest BCUT2D eigenvalue weighted by atomic mass is 9.98. The van der Waals surface area contributed by atoms with Crippen LogP contribution >= 0.6 is 0 Å². The van der Waals surface area contributed by atoms with Crippen LogP contribution < -0.4 is 14.8 Å². The maximum Gasteiger partial charge on any atom is 0.282 e. The third-order valence-corrected chi connectivity index (χ3v) is 8.64. The van der Waals surface area contributed by atoms with E-state index in [0.29, 0.717) is 70.0 Å². The van der Waals surface area contributed by atoms with Gasteiger partial charge < -0.3 is 24.3 Å². The van der Waals surface area contributed by atoms with Crippen LogP contribution in [-0.4, -0.2) is 82.3 Å². The Balaban J connectivity index is 1.35. The van der Waals surface area contributed by atoms with Gasteiger partial charge in [-0.1, -0.05) is 12.1 Å². The summed E-state index contributed by atoms with van der Waals surface area (Å²) in [5, 5.41) is 2.94. The third-order valence-electron chi connectivity index (χ3n) is 6.64. The van der Waals surface area contributed by atoms with E-state index in [9.17, 15) is 13.2 Å². The molecule has 3 aliphatic rings. The molecule has 0 aliphatic carbocycles. The van der Waals surface area contributed by atoms with Gasteiger partial charge in [0.2, 0.25) is 5.91 Å². The van der Waals surface area contributed by atoms with E-state index in [0.717, 1.165) is 5.56 Å². The zero-order chi connectivity index (χ0) is 23.5. The van der Waals surface area contributed by atoms with E-state index in [4.69, 9.17) is 18.9 Å². The van der Waals surface area contributed by atoms with Gasteiger partial charge in [0.15, 0.2) is 17.3 Å². The number of ether oxygens (including phenoxy) is 4. The lowest BCUT2D eigenvalue weighted by molar-refractivity contribution is -0.179. The zero-order valence-electron chi connectivity index (χ0n) is 19.2. The first-order chi connectivity index (χ1) is 15.9. The van der Waals surface area contributed by atoms with Gasteiger partial charge in [0.05, 0.1) is 33.4 Å².